The molecule has 4 heteroatoms. The molecule has 0 unspecified atom stereocenters. The molecule has 0 amide bonds. The first kappa shape index (κ1) is 12.3. The summed E-state index contributed by atoms with van der Waals surface area (Å²) >= 11 is 0. The molecule has 0 aliphatic carbocycles. The molecular formula is C13H17FO3. The molecule has 0 saturated carbocycles. The van der Waals surface area contributed by atoms with E-state index in [-0.39, 0.29) is 0 Å². The minimum atomic E-state index is -1.10. The van der Waals surface area contributed by atoms with E-state index in [1.807, 2.05) is 6.92 Å². The maximum absolute atomic E-state index is 13.9. The monoisotopic (exact) mass is 240 g/mol. The normalized spacial score (nSPS) is 19.0. The van der Waals surface area contributed by atoms with E-state index in [4.69, 9.17) is 9.47 Å². The van der Waals surface area contributed by atoms with Crippen molar-refractivity contribution in [2.75, 3.05) is 19.8 Å². The predicted octanol–water partition coefficient (Wildman–Crippen LogP) is 2.22. The molecule has 0 radical (unpaired) electrons. The molecule has 1 fully saturated rings. The first-order valence-corrected chi connectivity index (χ1v) is 5.88. The van der Waals surface area contributed by atoms with Crippen molar-refractivity contribution in [2.24, 2.45) is 0 Å². The van der Waals surface area contributed by atoms with Crippen molar-refractivity contribution in [3.8, 4) is 5.75 Å². The quantitative estimate of drug-likeness (QED) is 0.880. The van der Waals surface area contributed by atoms with E-state index >= 15 is 0 Å². The number of hydrogen-bond donors (Lipinski definition) is 1. The molecule has 1 heterocycles. The zero-order valence-electron chi connectivity index (χ0n) is 9.91. The average molecular weight is 240 g/mol. The Hall–Kier alpha value is -1.13. The lowest BCUT2D eigenvalue weighted by Gasteiger charge is -2.32. The van der Waals surface area contributed by atoms with E-state index < -0.39 is 11.4 Å². The molecule has 1 N–H and O–H groups in total. The van der Waals surface area contributed by atoms with Crippen molar-refractivity contribution in [1.29, 1.82) is 0 Å². The molecule has 17 heavy (non-hydrogen) atoms. The molecule has 0 aromatic heterocycles. The third kappa shape index (κ3) is 2.58. The highest BCUT2D eigenvalue weighted by atomic mass is 19.1. The van der Waals surface area contributed by atoms with Crippen LogP contribution in [0.5, 0.6) is 5.75 Å². The molecule has 0 spiro atoms. The minimum absolute atomic E-state index is 0.337. The van der Waals surface area contributed by atoms with Crippen molar-refractivity contribution in [2.45, 2.75) is 25.4 Å². The molecule has 1 aromatic carbocycles. The highest BCUT2D eigenvalue weighted by Gasteiger charge is 2.34. The lowest BCUT2D eigenvalue weighted by Crippen LogP contribution is -2.34. The first-order valence-electron chi connectivity index (χ1n) is 5.88. The van der Waals surface area contributed by atoms with Crippen molar-refractivity contribution in [1.82, 2.24) is 0 Å². The highest BCUT2D eigenvalue weighted by molar-refractivity contribution is 5.32. The topological polar surface area (TPSA) is 38.7 Å². The summed E-state index contributed by atoms with van der Waals surface area (Å²) in [6.45, 7) is 3.26. The van der Waals surface area contributed by atoms with Gasteiger partial charge < -0.3 is 14.6 Å². The van der Waals surface area contributed by atoms with Gasteiger partial charge in [-0.1, -0.05) is 0 Å². The fraction of sp³-hybridized carbons (Fsp3) is 0.538. The molecule has 1 aliphatic heterocycles. The fourth-order valence-corrected chi connectivity index (χ4v) is 2.11. The summed E-state index contributed by atoms with van der Waals surface area (Å²) < 4.78 is 24.3. The van der Waals surface area contributed by atoms with Crippen LogP contribution in [-0.2, 0) is 10.3 Å². The van der Waals surface area contributed by atoms with Crippen molar-refractivity contribution >= 4 is 0 Å². The van der Waals surface area contributed by atoms with E-state index in [1.54, 1.807) is 12.1 Å². The Kier molecular flexibility index (Phi) is 3.64. The van der Waals surface area contributed by atoms with Gasteiger partial charge in [0.05, 0.1) is 12.2 Å². The van der Waals surface area contributed by atoms with Crippen LogP contribution in [0.2, 0.25) is 0 Å². The molecule has 0 atom stereocenters. The second-order valence-corrected chi connectivity index (χ2v) is 4.22. The van der Waals surface area contributed by atoms with E-state index in [2.05, 4.69) is 0 Å². The lowest BCUT2D eigenvalue weighted by molar-refractivity contribution is -0.0698. The fourth-order valence-electron chi connectivity index (χ4n) is 2.11. The van der Waals surface area contributed by atoms with Gasteiger partial charge in [0.25, 0.3) is 0 Å². The summed E-state index contributed by atoms with van der Waals surface area (Å²) in [5, 5.41) is 10.4. The van der Waals surface area contributed by atoms with Gasteiger partial charge in [0.2, 0.25) is 0 Å². The summed E-state index contributed by atoms with van der Waals surface area (Å²) in [5.41, 5.74) is -0.767. The van der Waals surface area contributed by atoms with Crippen LogP contribution in [0.3, 0.4) is 0 Å². The largest absolute Gasteiger partial charge is 0.494 e. The number of ether oxygens (including phenoxy) is 2. The Bertz CT molecular complexity index is 386. The van der Waals surface area contributed by atoms with Gasteiger partial charge >= 0.3 is 0 Å². The zero-order chi connectivity index (χ0) is 12.3. The number of hydrogen-bond acceptors (Lipinski definition) is 3. The van der Waals surface area contributed by atoms with E-state index in [9.17, 15) is 9.50 Å². The Morgan fingerprint density at radius 2 is 2.12 bits per heavy atom. The standard InChI is InChI=1S/C13H17FO3/c1-2-17-10-3-4-11(12(14)9-10)13(15)5-7-16-8-6-13/h3-4,9,15H,2,5-8H2,1H3. The van der Waals surface area contributed by atoms with Gasteiger partial charge in [-0.2, -0.15) is 0 Å². The second-order valence-electron chi connectivity index (χ2n) is 4.22. The summed E-state index contributed by atoms with van der Waals surface area (Å²) in [6.07, 6.45) is 0.857. The molecule has 2 rings (SSSR count). The van der Waals surface area contributed by atoms with Crippen LogP contribution in [0, 0.1) is 5.82 Å². The van der Waals surface area contributed by atoms with Crippen LogP contribution in [0.4, 0.5) is 4.39 Å². The summed E-state index contributed by atoms with van der Waals surface area (Å²) in [5.74, 6) is 0.0739. The predicted molar refractivity (Wildman–Crippen MR) is 61.5 cm³/mol. The van der Waals surface area contributed by atoms with Gasteiger partial charge in [0, 0.05) is 37.7 Å². The molecule has 3 nitrogen and oxygen atoms in total. The van der Waals surface area contributed by atoms with Crippen molar-refractivity contribution in [3.63, 3.8) is 0 Å². The summed E-state index contributed by atoms with van der Waals surface area (Å²) in [7, 11) is 0. The molecule has 0 bridgehead atoms. The van der Waals surface area contributed by atoms with Crippen molar-refractivity contribution in [3.05, 3.63) is 29.6 Å². The average Bonchev–Trinajstić information content (AvgIpc) is 2.30. The van der Waals surface area contributed by atoms with Gasteiger partial charge in [-0.25, -0.2) is 4.39 Å². The van der Waals surface area contributed by atoms with E-state index in [0.717, 1.165) is 0 Å². The van der Waals surface area contributed by atoms with Crippen LogP contribution >= 0.6 is 0 Å². The third-order valence-corrected chi connectivity index (χ3v) is 3.07. The Morgan fingerprint density at radius 3 is 2.71 bits per heavy atom. The third-order valence-electron chi connectivity index (χ3n) is 3.07. The van der Waals surface area contributed by atoms with Gasteiger partial charge in [-0.05, 0) is 19.1 Å². The number of benzene rings is 1. The maximum Gasteiger partial charge on any atom is 0.132 e. The minimum Gasteiger partial charge on any atom is -0.494 e. The van der Waals surface area contributed by atoms with E-state index in [0.29, 0.717) is 44.0 Å². The number of halogens is 1. The highest BCUT2D eigenvalue weighted by Crippen LogP contribution is 2.34. The molecule has 1 saturated heterocycles. The summed E-state index contributed by atoms with van der Waals surface area (Å²) in [4.78, 5) is 0. The smallest absolute Gasteiger partial charge is 0.132 e. The number of aliphatic hydroxyl groups is 1. The Balaban J connectivity index is 2.25. The number of rotatable bonds is 3. The SMILES string of the molecule is CCOc1ccc(C2(O)CCOCC2)c(F)c1. The second kappa shape index (κ2) is 5.02. The lowest BCUT2D eigenvalue weighted by atomic mass is 9.86. The van der Waals surface area contributed by atoms with Crippen LogP contribution in [0.15, 0.2) is 18.2 Å². The summed E-state index contributed by atoms with van der Waals surface area (Å²) in [6, 6.07) is 4.62. The van der Waals surface area contributed by atoms with Crippen LogP contribution < -0.4 is 4.74 Å². The van der Waals surface area contributed by atoms with Gasteiger partial charge in [0.1, 0.15) is 11.6 Å². The zero-order valence-corrected chi connectivity index (χ0v) is 9.91. The Morgan fingerprint density at radius 1 is 1.41 bits per heavy atom. The van der Waals surface area contributed by atoms with Crippen molar-refractivity contribution < 1.29 is 19.0 Å². The van der Waals surface area contributed by atoms with Crippen LogP contribution in [0.1, 0.15) is 25.3 Å². The maximum atomic E-state index is 13.9. The molecule has 94 valence electrons. The first-order chi connectivity index (χ1) is 8.15. The Labute approximate surface area is 100 Å². The molecule has 1 aliphatic rings. The van der Waals surface area contributed by atoms with Crippen LogP contribution in [0.25, 0.3) is 0 Å². The van der Waals surface area contributed by atoms with Gasteiger partial charge in [-0.3, -0.25) is 0 Å². The van der Waals surface area contributed by atoms with Gasteiger partial charge in [0.15, 0.2) is 0 Å². The molecular weight excluding hydrogens is 223 g/mol. The van der Waals surface area contributed by atoms with E-state index in [1.165, 1.54) is 6.07 Å². The molecule has 1 aromatic rings. The van der Waals surface area contributed by atoms with Crippen LogP contribution in [-0.4, -0.2) is 24.9 Å². The van der Waals surface area contributed by atoms with Gasteiger partial charge in [-0.15, -0.1) is 0 Å².